The Hall–Kier alpha value is -2.58. The molecule has 6 nitrogen and oxygen atoms in total. The maximum absolute atomic E-state index is 12.3. The topological polar surface area (TPSA) is 73.0 Å². The lowest BCUT2D eigenvalue weighted by Gasteiger charge is -2.07. The predicted molar refractivity (Wildman–Crippen MR) is 105 cm³/mol. The summed E-state index contributed by atoms with van der Waals surface area (Å²) in [4.78, 5) is 12.3. The van der Waals surface area contributed by atoms with Gasteiger partial charge < -0.3 is 14.3 Å². The number of thioether (sulfide) groups is 1. The van der Waals surface area contributed by atoms with E-state index >= 15 is 0 Å². The fourth-order valence-corrected chi connectivity index (χ4v) is 4.08. The summed E-state index contributed by atoms with van der Waals surface area (Å²) in [7, 11) is 0. The lowest BCUT2D eigenvalue weighted by molar-refractivity contribution is -0.113. The van der Waals surface area contributed by atoms with E-state index in [4.69, 9.17) is 4.42 Å². The highest BCUT2D eigenvalue weighted by atomic mass is 32.2. The van der Waals surface area contributed by atoms with Crippen LogP contribution < -0.4 is 5.32 Å². The molecule has 0 saturated carbocycles. The van der Waals surface area contributed by atoms with Gasteiger partial charge in [0.25, 0.3) is 0 Å². The highest BCUT2D eigenvalue weighted by Crippen LogP contribution is 2.26. The molecule has 0 bridgehead atoms. The van der Waals surface area contributed by atoms with Gasteiger partial charge in [0.2, 0.25) is 5.91 Å². The van der Waals surface area contributed by atoms with E-state index in [-0.39, 0.29) is 11.7 Å². The van der Waals surface area contributed by atoms with Crippen molar-refractivity contribution in [2.75, 3.05) is 11.1 Å². The van der Waals surface area contributed by atoms with Gasteiger partial charge >= 0.3 is 0 Å². The summed E-state index contributed by atoms with van der Waals surface area (Å²) in [6.07, 6.45) is 1.63. The third-order valence-electron chi connectivity index (χ3n) is 3.88. The summed E-state index contributed by atoms with van der Waals surface area (Å²) in [6.45, 7) is 2.79. The number of benzene rings is 1. The van der Waals surface area contributed by atoms with Crippen LogP contribution in [0.3, 0.4) is 0 Å². The van der Waals surface area contributed by atoms with E-state index in [1.54, 1.807) is 17.6 Å². The maximum Gasteiger partial charge on any atom is 0.234 e. The van der Waals surface area contributed by atoms with Crippen LogP contribution in [0.2, 0.25) is 0 Å². The number of thiophene rings is 1. The number of rotatable bonds is 6. The highest BCUT2D eigenvalue weighted by Gasteiger charge is 2.15. The van der Waals surface area contributed by atoms with Crippen molar-refractivity contribution in [1.82, 2.24) is 14.8 Å². The third kappa shape index (κ3) is 3.38. The van der Waals surface area contributed by atoms with Gasteiger partial charge in [0.1, 0.15) is 5.58 Å². The average molecular weight is 384 g/mol. The first-order valence-electron chi connectivity index (χ1n) is 8.10. The average Bonchev–Trinajstić information content (AvgIpc) is 3.38. The van der Waals surface area contributed by atoms with Gasteiger partial charge in [-0.05, 0) is 36.6 Å². The van der Waals surface area contributed by atoms with E-state index in [2.05, 4.69) is 15.5 Å². The predicted octanol–water partition coefficient (Wildman–Crippen LogP) is 4.50. The van der Waals surface area contributed by atoms with E-state index in [9.17, 15) is 4.79 Å². The van der Waals surface area contributed by atoms with Gasteiger partial charge in [0.15, 0.2) is 11.0 Å². The molecule has 132 valence electrons. The number of furan rings is 1. The van der Waals surface area contributed by atoms with Crippen LogP contribution in [0.4, 0.5) is 5.69 Å². The summed E-state index contributed by atoms with van der Waals surface area (Å²) >= 11 is 3.00. The van der Waals surface area contributed by atoms with Gasteiger partial charge in [0.05, 0.1) is 12.0 Å². The number of hydrogen-bond acceptors (Lipinski definition) is 6. The molecule has 1 aromatic carbocycles. The molecule has 0 saturated heterocycles. The van der Waals surface area contributed by atoms with Crippen LogP contribution in [0.5, 0.6) is 0 Å². The molecule has 0 aliphatic carbocycles. The van der Waals surface area contributed by atoms with Crippen LogP contribution in [-0.4, -0.2) is 26.4 Å². The lowest BCUT2D eigenvalue weighted by Crippen LogP contribution is -2.14. The molecule has 3 aromatic heterocycles. The number of nitrogens with zero attached hydrogens (tertiary/aromatic N) is 3. The van der Waals surface area contributed by atoms with E-state index in [0.29, 0.717) is 5.69 Å². The number of hydrogen-bond donors (Lipinski definition) is 1. The Morgan fingerprint density at radius 1 is 1.31 bits per heavy atom. The zero-order valence-corrected chi connectivity index (χ0v) is 15.6. The Morgan fingerprint density at radius 3 is 3.04 bits per heavy atom. The second-order valence-electron chi connectivity index (χ2n) is 5.57. The minimum atomic E-state index is -0.0938. The van der Waals surface area contributed by atoms with Gasteiger partial charge in [-0.3, -0.25) is 4.79 Å². The number of carbonyl (C=O) groups is 1. The highest BCUT2D eigenvalue weighted by molar-refractivity contribution is 7.99. The number of amides is 1. The second kappa shape index (κ2) is 7.35. The Balaban J connectivity index is 1.42. The largest absolute Gasteiger partial charge is 0.464 e. The molecule has 0 atom stereocenters. The van der Waals surface area contributed by atoms with Gasteiger partial charge in [-0.1, -0.05) is 11.8 Å². The lowest BCUT2D eigenvalue weighted by atomic mass is 10.2. The summed E-state index contributed by atoms with van der Waals surface area (Å²) in [5, 5.41) is 17.2. The number of aromatic nitrogens is 3. The van der Waals surface area contributed by atoms with E-state index in [0.717, 1.165) is 34.1 Å². The minimum absolute atomic E-state index is 0.0938. The van der Waals surface area contributed by atoms with Gasteiger partial charge in [-0.15, -0.1) is 10.2 Å². The Morgan fingerprint density at radius 2 is 2.23 bits per heavy atom. The standard InChI is InChI=1S/C18H16N4O2S2/c1-2-22-17(13-6-8-25-10-13)20-21-18(22)26-11-16(23)19-14-4-3-12-5-7-24-15(12)9-14/h3-10H,2,11H2,1H3,(H,19,23). The Kier molecular flexibility index (Phi) is 4.77. The summed E-state index contributed by atoms with van der Waals surface area (Å²) < 4.78 is 7.38. The van der Waals surface area contributed by atoms with Crippen molar-refractivity contribution in [1.29, 1.82) is 0 Å². The minimum Gasteiger partial charge on any atom is -0.464 e. The summed E-state index contributed by atoms with van der Waals surface area (Å²) in [6, 6.07) is 9.51. The summed E-state index contributed by atoms with van der Waals surface area (Å²) in [5.41, 5.74) is 2.52. The molecule has 0 radical (unpaired) electrons. The fourth-order valence-electron chi connectivity index (χ4n) is 2.65. The second-order valence-corrected chi connectivity index (χ2v) is 7.30. The first-order chi connectivity index (χ1) is 12.7. The van der Waals surface area contributed by atoms with Crippen molar-refractivity contribution < 1.29 is 9.21 Å². The van der Waals surface area contributed by atoms with Crippen LogP contribution in [0.25, 0.3) is 22.4 Å². The molecule has 0 aliphatic rings. The molecule has 4 rings (SSSR count). The number of nitrogens with one attached hydrogen (secondary N) is 1. The first kappa shape index (κ1) is 16.9. The van der Waals surface area contributed by atoms with Gasteiger partial charge in [-0.2, -0.15) is 11.3 Å². The zero-order valence-electron chi connectivity index (χ0n) is 14.0. The fraction of sp³-hybridized carbons (Fsp3) is 0.167. The van der Waals surface area contributed by atoms with Crippen molar-refractivity contribution in [2.24, 2.45) is 0 Å². The molecular formula is C18H16N4O2S2. The zero-order chi connectivity index (χ0) is 17.9. The Bertz CT molecular complexity index is 1040. The molecule has 0 fully saturated rings. The van der Waals surface area contributed by atoms with Crippen LogP contribution in [0, 0.1) is 0 Å². The van der Waals surface area contributed by atoms with Gasteiger partial charge in [0, 0.05) is 34.6 Å². The molecule has 0 unspecified atom stereocenters. The Labute approximate surface area is 158 Å². The number of anilines is 1. The molecule has 3 heterocycles. The molecule has 4 aromatic rings. The monoisotopic (exact) mass is 384 g/mol. The van der Waals surface area contributed by atoms with Crippen molar-refractivity contribution in [3.8, 4) is 11.4 Å². The van der Waals surface area contributed by atoms with Crippen molar-refractivity contribution in [3.05, 3.63) is 47.4 Å². The van der Waals surface area contributed by atoms with Crippen LogP contribution >= 0.6 is 23.1 Å². The van der Waals surface area contributed by atoms with Gasteiger partial charge in [-0.25, -0.2) is 0 Å². The molecule has 1 amide bonds. The number of carbonyl (C=O) groups excluding carboxylic acids is 1. The molecule has 0 spiro atoms. The SMILES string of the molecule is CCn1c(SCC(=O)Nc2ccc3ccoc3c2)nnc1-c1ccsc1. The normalized spacial score (nSPS) is 11.1. The quantitative estimate of drug-likeness (QED) is 0.495. The molecule has 8 heteroatoms. The molecular weight excluding hydrogens is 368 g/mol. The van der Waals surface area contributed by atoms with E-state index in [1.807, 2.05) is 52.6 Å². The summed E-state index contributed by atoms with van der Waals surface area (Å²) in [5.74, 6) is 1.00. The molecule has 1 N–H and O–H groups in total. The van der Waals surface area contributed by atoms with Crippen LogP contribution in [-0.2, 0) is 11.3 Å². The van der Waals surface area contributed by atoms with E-state index < -0.39 is 0 Å². The maximum atomic E-state index is 12.3. The van der Waals surface area contributed by atoms with Crippen molar-refractivity contribution in [3.63, 3.8) is 0 Å². The number of fused-ring (bicyclic) bond motifs is 1. The molecule has 0 aliphatic heterocycles. The van der Waals surface area contributed by atoms with Crippen LogP contribution in [0.1, 0.15) is 6.92 Å². The van der Waals surface area contributed by atoms with Crippen molar-refractivity contribution in [2.45, 2.75) is 18.6 Å². The van der Waals surface area contributed by atoms with Crippen molar-refractivity contribution >= 4 is 45.7 Å². The smallest absolute Gasteiger partial charge is 0.234 e. The van der Waals surface area contributed by atoms with E-state index in [1.165, 1.54) is 11.8 Å². The first-order valence-corrected chi connectivity index (χ1v) is 10.0. The van der Waals surface area contributed by atoms with Crippen LogP contribution in [0.15, 0.2) is 56.9 Å². The molecule has 26 heavy (non-hydrogen) atoms. The third-order valence-corrected chi connectivity index (χ3v) is 5.53.